The van der Waals surface area contributed by atoms with Crippen molar-refractivity contribution >= 4 is 0 Å². The molecular formula is C5H8N2O2. The molecule has 0 spiro atoms. The maximum atomic E-state index is 10.0. The minimum atomic E-state index is 0.285. The molecule has 0 saturated carbocycles. The van der Waals surface area contributed by atoms with Gasteiger partial charge < -0.3 is 4.74 Å². The van der Waals surface area contributed by atoms with Crippen molar-refractivity contribution in [1.29, 1.82) is 0 Å². The van der Waals surface area contributed by atoms with Gasteiger partial charge in [-0.25, -0.2) is 0 Å². The van der Waals surface area contributed by atoms with E-state index in [0.717, 1.165) is 6.42 Å². The first-order valence-electron chi connectivity index (χ1n) is 3.11. The summed E-state index contributed by atoms with van der Waals surface area (Å²) in [5.41, 5.74) is 0. The summed E-state index contributed by atoms with van der Waals surface area (Å²) in [5, 5.41) is 4.45. The zero-order valence-electron chi connectivity index (χ0n) is 4.99. The number of nitroso groups, excluding NO2 is 1. The molecule has 4 nitrogen and oxygen atoms in total. The van der Waals surface area contributed by atoms with E-state index in [4.69, 9.17) is 4.74 Å². The fourth-order valence-electron chi connectivity index (χ4n) is 1.48. The van der Waals surface area contributed by atoms with Crippen molar-refractivity contribution in [3.63, 3.8) is 0 Å². The van der Waals surface area contributed by atoms with E-state index in [1.165, 1.54) is 0 Å². The first-order valence-corrected chi connectivity index (χ1v) is 3.11. The molecule has 2 aliphatic rings. The molecule has 2 unspecified atom stereocenters. The number of nitrogens with zero attached hydrogens (tertiary/aromatic N) is 2. The molecule has 2 rings (SSSR count). The minimum absolute atomic E-state index is 0.285. The molecule has 0 amide bonds. The molecule has 9 heavy (non-hydrogen) atoms. The summed E-state index contributed by atoms with van der Waals surface area (Å²) < 4.78 is 5.24. The maximum absolute atomic E-state index is 10.0. The van der Waals surface area contributed by atoms with Gasteiger partial charge in [0.05, 0.1) is 30.6 Å². The van der Waals surface area contributed by atoms with Crippen LogP contribution in [0.15, 0.2) is 5.29 Å². The second-order valence-corrected chi connectivity index (χ2v) is 2.55. The summed E-state index contributed by atoms with van der Waals surface area (Å²) in [5.74, 6) is 0. The number of hydrogen-bond donors (Lipinski definition) is 0. The van der Waals surface area contributed by atoms with Crippen molar-refractivity contribution in [3.8, 4) is 0 Å². The van der Waals surface area contributed by atoms with Gasteiger partial charge in [0.1, 0.15) is 0 Å². The van der Waals surface area contributed by atoms with Crippen LogP contribution in [0, 0.1) is 4.91 Å². The highest BCUT2D eigenvalue weighted by atomic mass is 16.5. The molecule has 4 heteroatoms. The van der Waals surface area contributed by atoms with Crippen LogP contribution in [-0.4, -0.2) is 30.3 Å². The van der Waals surface area contributed by atoms with Gasteiger partial charge in [-0.3, -0.25) is 5.01 Å². The van der Waals surface area contributed by atoms with Crippen LogP contribution in [0.25, 0.3) is 0 Å². The summed E-state index contributed by atoms with van der Waals surface area (Å²) in [6, 6.07) is 0.285. The maximum Gasteiger partial charge on any atom is 0.0790 e. The minimum Gasteiger partial charge on any atom is -0.374 e. The average molecular weight is 128 g/mol. The monoisotopic (exact) mass is 128 g/mol. The van der Waals surface area contributed by atoms with Gasteiger partial charge in [0.2, 0.25) is 0 Å². The molecular weight excluding hydrogens is 120 g/mol. The van der Waals surface area contributed by atoms with Crippen LogP contribution in [0.3, 0.4) is 0 Å². The van der Waals surface area contributed by atoms with E-state index in [1.54, 1.807) is 5.01 Å². The van der Waals surface area contributed by atoms with E-state index in [1.807, 2.05) is 0 Å². The third kappa shape index (κ3) is 0.627. The first kappa shape index (κ1) is 5.17. The summed E-state index contributed by atoms with van der Waals surface area (Å²) in [7, 11) is 0. The Labute approximate surface area is 52.7 Å². The Kier molecular flexibility index (Phi) is 0.958. The van der Waals surface area contributed by atoms with Gasteiger partial charge in [-0.15, -0.1) is 4.91 Å². The molecule has 0 aromatic carbocycles. The van der Waals surface area contributed by atoms with Gasteiger partial charge in [-0.05, 0) is 6.42 Å². The topological polar surface area (TPSA) is 41.9 Å². The standard InChI is InChI=1S/C5H8N2O2/c8-6-7-2-5-1-4(7)3-9-5/h4-5H,1-3H2. The molecule has 2 fully saturated rings. The summed E-state index contributed by atoms with van der Waals surface area (Å²) in [4.78, 5) is 10.0. The van der Waals surface area contributed by atoms with E-state index in [2.05, 4.69) is 5.29 Å². The molecule has 2 bridgehead atoms. The van der Waals surface area contributed by atoms with Crippen LogP contribution >= 0.6 is 0 Å². The van der Waals surface area contributed by atoms with Crippen molar-refractivity contribution in [2.75, 3.05) is 13.2 Å². The molecule has 2 aliphatic heterocycles. The second kappa shape index (κ2) is 1.67. The Morgan fingerprint density at radius 1 is 1.67 bits per heavy atom. The lowest BCUT2D eigenvalue weighted by molar-refractivity contribution is 0.0310. The number of rotatable bonds is 1. The second-order valence-electron chi connectivity index (χ2n) is 2.55. The molecule has 2 atom stereocenters. The largest absolute Gasteiger partial charge is 0.374 e. The summed E-state index contributed by atoms with van der Waals surface area (Å²) in [6.07, 6.45) is 1.28. The summed E-state index contributed by atoms with van der Waals surface area (Å²) >= 11 is 0. The lowest BCUT2D eigenvalue weighted by Gasteiger charge is -2.19. The highest BCUT2D eigenvalue weighted by Gasteiger charge is 2.39. The predicted octanol–water partition coefficient (Wildman–Crippen LogP) is 0.141. The van der Waals surface area contributed by atoms with Crippen molar-refractivity contribution in [2.45, 2.75) is 18.6 Å². The van der Waals surface area contributed by atoms with Gasteiger partial charge in [-0.1, -0.05) is 0 Å². The van der Waals surface area contributed by atoms with Crippen molar-refractivity contribution < 1.29 is 4.74 Å². The van der Waals surface area contributed by atoms with Gasteiger partial charge >= 0.3 is 0 Å². The van der Waals surface area contributed by atoms with E-state index >= 15 is 0 Å². The smallest absolute Gasteiger partial charge is 0.0790 e. The van der Waals surface area contributed by atoms with Crippen LogP contribution in [0.5, 0.6) is 0 Å². The number of fused-ring (bicyclic) bond motifs is 2. The SMILES string of the molecule is O=NN1CC2CC1CO2. The molecule has 0 radical (unpaired) electrons. The lowest BCUT2D eigenvalue weighted by Crippen LogP contribution is -2.32. The molecule has 0 aromatic heterocycles. The molecule has 2 saturated heterocycles. The normalized spacial score (nSPS) is 39.8. The number of hydrogen-bond acceptors (Lipinski definition) is 3. The fourth-order valence-corrected chi connectivity index (χ4v) is 1.48. The Bertz CT molecular complexity index is 139. The Morgan fingerprint density at radius 3 is 2.89 bits per heavy atom. The quantitative estimate of drug-likeness (QED) is 0.472. The molecule has 50 valence electrons. The lowest BCUT2D eigenvalue weighted by atomic mass is 10.3. The highest BCUT2D eigenvalue weighted by Crippen LogP contribution is 2.27. The highest BCUT2D eigenvalue weighted by molar-refractivity contribution is 4.89. The molecule has 0 aromatic rings. The summed E-state index contributed by atoms with van der Waals surface area (Å²) in [6.45, 7) is 1.39. The van der Waals surface area contributed by atoms with E-state index in [9.17, 15) is 4.91 Å². The van der Waals surface area contributed by atoms with Gasteiger partial charge in [0.15, 0.2) is 0 Å². The van der Waals surface area contributed by atoms with Crippen LogP contribution in [-0.2, 0) is 4.74 Å². The van der Waals surface area contributed by atoms with E-state index in [0.29, 0.717) is 13.2 Å². The van der Waals surface area contributed by atoms with Crippen LogP contribution < -0.4 is 0 Å². The van der Waals surface area contributed by atoms with Gasteiger partial charge in [0, 0.05) is 0 Å². The third-order valence-electron chi connectivity index (χ3n) is 1.98. The third-order valence-corrected chi connectivity index (χ3v) is 1.98. The van der Waals surface area contributed by atoms with Crippen LogP contribution in [0.4, 0.5) is 0 Å². The Hall–Kier alpha value is -0.640. The molecule has 2 heterocycles. The van der Waals surface area contributed by atoms with Gasteiger partial charge in [-0.2, -0.15) is 0 Å². The molecule has 0 N–H and O–H groups in total. The van der Waals surface area contributed by atoms with E-state index < -0.39 is 0 Å². The Morgan fingerprint density at radius 2 is 2.56 bits per heavy atom. The van der Waals surface area contributed by atoms with Crippen molar-refractivity contribution in [2.24, 2.45) is 5.29 Å². The van der Waals surface area contributed by atoms with Gasteiger partial charge in [0.25, 0.3) is 0 Å². The van der Waals surface area contributed by atoms with Crippen molar-refractivity contribution in [1.82, 2.24) is 5.01 Å². The first-order chi connectivity index (χ1) is 4.40. The van der Waals surface area contributed by atoms with Crippen LogP contribution in [0.2, 0.25) is 0 Å². The number of ether oxygens (including phenoxy) is 1. The van der Waals surface area contributed by atoms with Crippen molar-refractivity contribution in [3.05, 3.63) is 4.91 Å². The average Bonchev–Trinajstić information content (AvgIpc) is 2.45. The Balaban J connectivity index is 2.09. The zero-order valence-corrected chi connectivity index (χ0v) is 4.99. The number of morpholine rings is 1. The fraction of sp³-hybridized carbons (Fsp3) is 1.00. The van der Waals surface area contributed by atoms with Crippen LogP contribution in [0.1, 0.15) is 6.42 Å². The molecule has 0 aliphatic carbocycles. The zero-order chi connectivity index (χ0) is 6.27. The van der Waals surface area contributed by atoms with E-state index in [-0.39, 0.29) is 12.1 Å². The predicted molar refractivity (Wildman–Crippen MR) is 30.6 cm³/mol.